The van der Waals surface area contributed by atoms with Gasteiger partial charge < -0.3 is 5.32 Å². The Labute approximate surface area is 166 Å². The molecule has 1 unspecified atom stereocenters. The van der Waals surface area contributed by atoms with E-state index in [1.165, 1.54) is 69.0 Å². The summed E-state index contributed by atoms with van der Waals surface area (Å²) in [6, 6.07) is 6.16. The highest BCUT2D eigenvalue weighted by Gasteiger charge is 2.34. The van der Waals surface area contributed by atoms with Crippen molar-refractivity contribution in [2.45, 2.75) is 84.1 Å². The molecule has 1 N–H and O–H groups in total. The van der Waals surface area contributed by atoms with Crippen LogP contribution in [0.1, 0.15) is 88.8 Å². The number of benzene rings is 1. The zero-order chi connectivity index (χ0) is 18.8. The van der Waals surface area contributed by atoms with Crippen molar-refractivity contribution in [3.63, 3.8) is 0 Å². The van der Waals surface area contributed by atoms with Gasteiger partial charge in [-0.25, -0.2) is 0 Å². The second kappa shape index (κ2) is 8.55. The molecule has 2 fully saturated rings. The number of fused-ring (bicyclic) bond motifs is 1. The van der Waals surface area contributed by atoms with E-state index in [1.54, 1.807) is 6.07 Å². The monoisotopic (exact) mass is 368 g/mol. The molecule has 3 aliphatic rings. The normalized spacial score (nSPS) is 35.0. The van der Waals surface area contributed by atoms with E-state index < -0.39 is 0 Å². The van der Waals surface area contributed by atoms with Crippen LogP contribution in [0, 0.1) is 29.6 Å². The van der Waals surface area contributed by atoms with Gasteiger partial charge in [0.2, 0.25) is 0 Å². The van der Waals surface area contributed by atoms with Crippen molar-refractivity contribution in [3.8, 4) is 5.75 Å². The third-order valence-electron chi connectivity index (χ3n) is 8.12. The lowest BCUT2D eigenvalue weighted by Crippen LogP contribution is -2.38. The van der Waals surface area contributed by atoms with Crippen molar-refractivity contribution in [1.29, 1.82) is 0 Å². The summed E-state index contributed by atoms with van der Waals surface area (Å²) in [5.41, 5.74) is 2.68. The molecular weight excluding hydrogens is 330 g/mol. The van der Waals surface area contributed by atoms with Crippen LogP contribution in [0.3, 0.4) is 0 Å². The van der Waals surface area contributed by atoms with E-state index in [0.717, 1.165) is 42.4 Å². The van der Waals surface area contributed by atoms with Gasteiger partial charge in [0.25, 0.3) is 0 Å². The van der Waals surface area contributed by atoms with Crippen LogP contribution in [-0.4, -0.2) is 6.54 Å². The fourth-order valence-corrected chi connectivity index (χ4v) is 6.23. The Morgan fingerprint density at radius 3 is 2.07 bits per heavy atom. The van der Waals surface area contributed by atoms with E-state index in [-0.39, 0.29) is 5.75 Å². The lowest BCUT2D eigenvalue weighted by molar-refractivity contribution is 0.113. The summed E-state index contributed by atoms with van der Waals surface area (Å²) < 4.78 is 0. The molecule has 2 heteroatoms. The van der Waals surface area contributed by atoms with E-state index in [4.69, 9.17) is 0 Å². The molecule has 1 atom stereocenters. The Bertz CT molecular complexity index is 589. The number of aryl methyl sites for hydroxylation is 1. The molecule has 2 saturated carbocycles. The molecule has 0 bridgehead atoms. The minimum Gasteiger partial charge on any atom is -0.310 e. The quantitative estimate of drug-likeness (QED) is 0.618. The van der Waals surface area contributed by atoms with Gasteiger partial charge in [-0.3, -0.25) is 5.11 Å². The lowest BCUT2D eigenvalue weighted by atomic mass is 9.67. The Kier molecular flexibility index (Phi) is 6.12. The second-order valence-corrected chi connectivity index (χ2v) is 10.1. The first kappa shape index (κ1) is 19.3. The Balaban J connectivity index is 1.42. The molecular formula is C25H38NO. The first-order valence-electron chi connectivity index (χ1n) is 11.6. The van der Waals surface area contributed by atoms with Gasteiger partial charge in [0.15, 0.2) is 5.75 Å². The highest BCUT2D eigenvalue weighted by atomic mass is 16.3. The number of nitrogens with one attached hydrogen (secondary N) is 1. The molecule has 0 heterocycles. The van der Waals surface area contributed by atoms with Crippen LogP contribution in [0.15, 0.2) is 18.2 Å². The predicted octanol–water partition coefficient (Wildman–Crippen LogP) is 6.68. The summed E-state index contributed by atoms with van der Waals surface area (Å²) in [6.07, 6.45) is 13.7. The number of hydrogen-bond donors (Lipinski definition) is 1. The zero-order valence-electron chi connectivity index (χ0n) is 17.4. The molecule has 27 heavy (non-hydrogen) atoms. The van der Waals surface area contributed by atoms with E-state index >= 15 is 0 Å². The predicted molar refractivity (Wildman–Crippen MR) is 111 cm³/mol. The van der Waals surface area contributed by atoms with E-state index in [2.05, 4.69) is 25.2 Å². The first-order chi connectivity index (χ1) is 13.1. The largest absolute Gasteiger partial charge is 0.310 e. The minimum absolute atomic E-state index is 0.167. The molecule has 1 aromatic rings. The second-order valence-electron chi connectivity index (χ2n) is 10.1. The van der Waals surface area contributed by atoms with Crippen LogP contribution in [-0.2, 0) is 11.5 Å². The maximum absolute atomic E-state index is 11.6. The summed E-state index contributed by atoms with van der Waals surface area (Å²) in [5.74, 6) is 4.75. The van der Waals surface area contributed by atoms with Crippen molar-refractivity contribution in [3.05, 3.63) is 29.3 Å². The standard InChI is InChI=1S/C25H38NO/c1-17-3-7-19(8-4-17)24(20-9-5-18(2)6-10-20)16-26-25-14-11-21-15-22(27)12-13-23(21)25/h12-13,15,17-20,24-26H,3-11,14,16H2,1-2H3. The van der Waals surface area contributed by atoms with Crippen LogP contribution in [0.25, 0.3) is 0 Å². The van der Waals surface area contributed by atoms with E-state index in [1.807, 2.05) is 6.07 Å². The zero-order valence-corrected chi connectivity index (χ0v) is 17.4. The van der Waals surface area contributed by atoms with Gasteiger partial charge in [0, 0.05) is 6.04 Å². The summed E-state index contributed by atoms with van der Waals surface area (Å²) in [6.45, 7) is 6.05. The lowest BCUT2D eigenvalue weighted by Gasteiger charge is -2.40. The van der Waals surface area contributed by atoms with Crippen molar-refractivity contribution >= 4 is 0 Å². The summed E-state index contributed by atoms with van der Waals surface area (Å²) >= 11 is 0. The minimum atomic E-state index is 0.167. The highest BCUT2D eigenvalue weighted by molar-refractivity contribution is 5.39. The van der Waals surface area contributed by atoms with Crippen molar-refractivity contribution in [2.75, 3.05) is 6.54 Å². The maximum Gasteiger partial charge on any atom is 0.178 e. The fraction of sp³-hybridized carbons (Fsp3) is 0.760. The average molecular weight is 369 g/mol. The summed E-state index contributed by atoms with van der Waals surface area (Å²) in [5, 5.41) is 15.6. The SMILES string of the molecule is CC1CCC(C(CNC2CCc3cc([O])ccc32)C2CCC(C)CC2)CC1. The third-order valence-corrected chi connectivity index (χ3v) is 8.12. The van der Waals surface area contributed by atoms with Gasteiger partial charge in [-0.05, 0) is 97.9 Å². The molecule has 0 saturated heterocycles. The highest BCUT2D eigenvalue weighted by Crippen LogP contribution is 2.42. The third kappa shape index (κ3) is 4.53. The number of hydrogen-bond acceptors (Lipinski definition) is 1. The molecule has 0 aromatic heterocycles. The molecule has 149 valence electrons. The molecule has 4 rings (SSSR count). The average Bonchev–Trinajstić information content (AvgIpc) is 3.06. The van der Waals surface area contributed by atoms with Crippen molar-refractivity contribution < 1.29 is 5.11 Å². The fourth-order valence-electron chi connectivity index (χ4n) is 6.23. The van der Waals surface area contributed by atoms with Gasteiger partial charge in [0.1, 0.15) is 0 Å². The van der Waals surface area contributed by atoms with Crippen LogP contribution in [0.5, 0.6) is 5.75 Å². The van der Waals surface area contributed by atoms with E-state index in [0.29, 0.717) is 6.04 Å². The van der Waals surface area contributed by atoms with Gasteiger partial charge in [-0.1, -0.05) is 45.6 Å². The van der Waals surface area contributed by atoms with Gasteiger partial charge in [0.05, 0.1) is 0 Å². The van der Waals surface area contributed by atoms with E-state index in [9.17, 15) is 5.11 Å². The van der Waals surface area contributed by atoms with Gasteiger partial charge in [-0.2, -0.15) is 0 Å². The summed E-state index contributed by atoms with van der Waals surface area (Å²) in [4.78, 5) is 0. The molecule has 0 aliphatic heterocycles. The topological polar surface area (TPSA) is 31.9 Å². The first-order valence-corrected chi connectivity index (χ1v) is 11.6. The number of rotatable bonds is 5. The smallest absolute Gasteiger partial charge is 0.178 e. The molecule has 3 aliphatic carbocycles. The Morgan fingerprint density at radius 1 is 0.889 bits per heavy atom. The molecule has 1 aromatic carbocycles. The molecule has 0 spiro atoms. The van der Waals surface area contributed by atoms with Crippen LogP contribution >= 0.6 is 0 Å². The van der Waals surface area contributed by atoms with Crippen LogP contribution in [0.4, 0.5) is 0 Å². The van der Waals surface area contributed by atoms with Gasteiger partial charge in [-0.15, -0.1) is 0 Å². The van der Waals surface area contributed by atoms with Crippen LogP contribution in [0.2, 0.25) is 0 Å². The van der Waals surface area contributed by atoms with Crippen molar-refractivity contribution in [1.82, 2.24) is 5.32 Å². The summed E-state index contributed by atoms with van der Waals surface area (Å²) in [7, 11) is 0. The van der Waals surface area contributed by atoms with Crippen LogP contribution < -0.4 is 5.32 Å². The Hall–Kier alpha value is -1.02. The molecule has 2 nitrogen and oxygen atoms in total. The molecule has 1 radical (unpaired) electrons. The van der Waals surface area contributed by atoms with Crippen molar-refractivity contribution in [2.24, 2.45) is 29.6 Å². The molecule has 0 amide bonds. The maximum atomic E-state index is 11.6. The van der Waals surface area contributed by atoms with Gasteiger partial charge >= 0.3 is 0 Å². The Morgan fingerprint density at radius 2 is 1.48 bits per heavy atom.